The van der Waals surface area contributed by atoms with Gasteiger partial charge in [-0.15, -0.1) is 0 Å². The fourth-order valence-corrected chi connectivity index (χ4v) is 2.82. The number of hydrogen-bond acceptors (Lipinski definition) is 1. The first kappa shape index (κ1) is 14.6. The van der Waals surface area contributed by atoms with Crippen LogP contribution in [-0.2, 0) is 17.8 Å². The summed E-state index contributed by atoms with van der Waals surface area (Å²) in [6, 6.07) is 9.07. The Morgan fingerprint density at radius 2 is 2.15 bits per heavy atom. The maximum atomic E-state index is 11.3. The van der Waals surface area contributed by atoms with E-state index < -0.39 is 0 Å². The molecule has 3 nitrogen and oxygen atoms in total. The molecule has 0 fully saturated rings. The Balaban J connectivity index is 2.33. The molecule has 107 valence electrons. The summed E-state index contributed by atoms with van der Waals surface area (Å²) in [7, 11) is 0. The van der Waals surface area contributed by atoms with Crippen molar-refractivity contribution in [3.63, 3.8) is 0 Å². The van der Waals surface area contributed by atoms with Crippen LogP contribution in [0.2, 0.25) is 0 Å². The van der Waals surface area contributed by atoms with Gasteiger partial charge in [-0.2, -0.15) is 0 Å². The number of fused-ring (bicyclic) bond motifs is 1. The molecule has 0 atom stereocenters. The van der Waals surface area contributed by atoms with Crippen LogP contribution >= 0.6 is 0 Å². The lowest BCUT2D eigenvalue weighted by atomic mass is 10.1. The van der Waals surface area contributed by atoms with Crippen LogP contribution in [-0.4, -0.2) is 10.5 Å². The molecule has 2 aromatic rings. The number of amides is 1. The summed E-state index contributed by atoms with van der Waals surface area (Å²) in [5.74, 6) is -0.276. The van der Waals surface area contributed by atoms with Crippen molar-refractivity contribution in [3.8, 4) is 0 Å². The summed E-state index contributed by atoms with van der Waals surface area (Å²) in [6.45, 7) is 5.31. The first-order chi connectivity index (χ1) is 9.65. The highest BCUT2D eigenvalue weighted by Crippen LogP contribution is 2.26. The van der Waals surface area contributed by atoms with Crippen LogP contribution in [0.1, 0.15) is 43.9 Å². The number of aryl methyl sites for hydroxylation is 1. The lowest BCUT2D eigenvalue weighted by Crippen LogP contribution is -2.14. The van der Waals surface area contributed by atoms with Crippen molar-refractivity contribution in [2.75, 3.05) is 0 Å². The Kier molecular flexibility index (Phi) is 4.83. The van der Waals surface area contributed by atoms with Crippen molar-refractivity contribution in [1.82, 2.24) is 4.57 Å². The van der Waals surface area contributed by atoms with Gasteiger partial charge in [-0.1, -0.05) is 32.3 Å². The van der Waals surface area contributed by atoms with E-state index in [1.165, 1.54) is 31.2 Å². The number of nitrogens with two attached hydrogens (primary N) is 1. The molecule has 0 aliphatic carbocycles. The third-order valence-corrected chi connectivity index (χ3v) is 3.88. The van der Waals surface area contributed by atoms with Crippen molar-refractivity contribution in [2.24, 2.45) is 5.73 Å². The number of primary amides is 1. The number of benzene rings is 1. The second kappa shape index (κ2) is 6.60. The molecule has 0 bridgehead atoms. The van der Waals surface area contributed by atoms with E-state index in [1.807, 2.05) is 12.1 Å². The highest BCUT2D eigenvalue weighted by atomic mass is 16.1. The molecule has 3 heteroatoms. The molecule has 1 aromatic carbocycles. The molecule has 0 unspecified atom stereocenters. The van der Waals surface area contributed by atoms with Gasteiger partial charge in [0.15, 0.2) is 0 Å². The van der Waals surface area contributed by atoms with E-state index in [9.17, 15) is 4.79 Å². The summed E-state index contributed by atoms with van der Waals surface area (Å²) in [6.07, 6.45) is 5.25. The molecule has 0 spiro atoms. The Labute approximate surface area is 120 Å². The van der Waals surface area contributed by atoms with Crippen LogP contribution in [0.3, 0.4) is 0 Å². The van der Waals surface area contributed by atoms with E-state index in [4.69, 9.17) is 5.73 Å². The van der Waals surface area contributed by atoms with Gasteiger partial charge in [0.05, 0.1) is 6.42 Å². The average molecular weight is 271 g/mol. The number of nitrogens with zero attached hydrogens (tertiary/aromatic N) is 1. The maximum absolute atomic E-state index is 11.3. The molecule has 0 saturated heterocycles. The minimum Gasteiger partial charge on any atom is -0.369 e. The van der Waals surface area contributed by atoms with E-state index in [1.54, 1.807) is 0 Å². The molecule has 1 amide bonds. The topological polar surface area (TPSA) is 48.0 Å². The fraction of sp³-hybridized carbons (Fsp3) is 0.471. The third kappa shape index (κ3) is 3.03. The van der Waals surface area contributed by atoms with Crippen molar-refractivity contribution in [2.45, 2.75) is 52.5 Å². The Hall–Kier alpha value is -1.77. The lowest BCUT2D eigenvalue weighted by Gasteiger charge is -2.08. The zero-order chi connectivity index (χ0) is 14.5. The molecule has 1 radical (unpaired) electrons. The Bertz CT molecular complexity index is 598. The minimum absolute atomic E-state index is 0.276. The van der Waals surface area contributed by atoms with Crippen LogP contribution in [0.4, 0.5) is 0 Å². The van der Waals surface area contributed by atoms with Gasteiger partial charge >= 0.3 is 0 Å². The van der Waals surface area contributed by atoms with Crippen molar-refractivity contribution < 1.29 is 4.79 Å². The number of unbranched alkanes of at least 4 members (excludes halogenated alkanes) is 3. The molecular formula is C17H23N2O. The fourth-order valence-electron chi connectivity index (χ4n) is 2.82. The second-order valence-corrected chi connectivity index (χ2v) is 5.36. The van der Waals surface area contributed by atoms with Crippen LogP contribution in [0.25, 0.3) is 10.9 Å². The second-order valence-electron chi connectivity index (χ2n) is 5.36. The highest BCUT2D eigenvalue weighted by Gasteiger charge is 2.14. The van der Waals surface area contributed by atoms with Gasteiger partial charge in [0.2, 0.25) is 5.91 Å². The average Bonchev–Trinajstić information content (AvgIpc) is 2.68. The molecule has 2 N–H and O–H groups in total. The molecule has 0 aliphatic rings. The minimum atomic E-state index is -0.276. The predicted molar refractivity (Wildman–Crippen MR) is 82.6 cm³/mol. The number of carbonyl (C=O) groups excluding carboxylic acids is 1. The van der Waals surface area contributed by atoms with Gasteiger partial charge in [-0.3, -0.25) is 4.79 Å². The maximum Gasteiger partial charge on any atom is 0.221 e. The lowest BCUT2D eigenvalue weighted by molar-refractivity contribution is -0.117. The summed E-state index contributed by atoms with van der Waals surface area (Å²) in [5, 5.41) is 1.11. The monoisotopic (exact) mass is 271 g/mol. The van der Waals surface area contributed by atoms with E-state index in [0.29, 0.717) is 6.42 Å². The molecule has 1 heterocycles. The normalized spacial score (nSPS) is 11.1. The summed E-state index contributed by atoms with van der Waals surface area (Å²) in [4.78, 5) is 11.3. The van der Waals surface area contributed by atoms with Crippen LogP contribution in [0, 0.1) is 13.0 Å². The van der Waals surface area contributed by atoms with Gasteiger partial charge in [0.1, 0.15) is 0 Å². The van der Waals surface area contributed by atoms with Gasteiger partial charge in [-0.25, -0.2) is 0 Å². The quantitative estimate of drug-likeness (QED) is 0.771. The van der Waals surface area contributed by atoms with Crippen molar-refractivity contribution >= 4 is 16.8 Å². The number of hydrogen-bond donors (Lipinski definition) is 1. The molecular weight excluding hydrogens is 248 g/mol. The van der Waals surface area contributed by atoms with Crippen LogP contribution in [0.15, 0.2) is 18.2 Å². The smallest absolute Gasteiger partial charge is 0.221 e. The first-order valence-corrected chi connectivity index (χ1v) is 7.41. The SMILES string of the molecule is CCCCCCn1c(C)c(CC(N)=O)c2c[c]ccc21. The summed E-state index contributed by atoms with van der Waals surface area (Å²) >= 11 is 0. The zero-order valence-electron chi connectivity index (χ0n) is 12.4. The summed E-state index contributed by atoms with van der Waals surface area (Å²) in [5.41, 5.74) is 8.78. The Morgan fingerprint density at radius 3 is 2.85 bits per heavy atom. The van der Waals surface area contributed by atoms with Gasteiger partial charge in [0.25, 0.3) is 0 Å². The van der Waals surface area contributed by atoms with E-state index >= 15 is 0 Å². The molecule has 0 aliphatic heterocycles. The third-order valence-electron chi connectivity index (χ3n) is 3.88. The van der Waals surface area contributed by atoms with Gasteiger partial charge in [0, 0.05) is 23.1 Å². The Morgan fingerprint density at radius 1 is 1.35 bits per heavy atom. The largest absolute Gasteiger partial charge is 0.369 e. The number of carbonyl (C=O) groups is 1. The van der Waals surface area contributed by atoms with Crippen molar-refractivity contribution in [1.29, 1.82) is 0 Å². The number of rotatable bonds is 7. The van der Waals surface area contributed by atoms with Gasteiger partial charge in [-0.05, 0) is 37.1 Å². The first-order valence-electron chi connectivity index (χ1n) is 7.41. The van der Waals surface area contributed by atoms with E-state index in [0.717, 1.165) is 23.2 Å². The van der Waals surface area contributed by atoms with Crippen molar-refractivity contribution in [3.05, 3.63) is 35.5 Å². The van der Waals surface area contributed by atoms with E-state index in [-0.39, 0.29) is 5.91 Å². The van der Waals surface area contributed by atoms with Crippen LogP contribution in [0.5, 0.6) is 0 Å². The van der Waals surface area contributed by atoms with Crippen LogP contribution < -0.4 is 5.73 Å². The molecule has 2 rings (SSSR count). The number of aromatic nitrogens is 1. The molecule has 20 heavy (non-hydrogen) atoms. The predicted octanol–water partition coefficient (Wildman–Crippen LogP) is 3.36. The summed E-state index contributed by atoms with van der Waals surface area (Å²) < 4.78 is 2.32. The highest BCUT2D eigenvalue weighted by molar-refractivity contribution is 5.90. The van der Waals surface area contributed by atoms with Gasteiger partial charge < -0.3 is 10.3 Å². The molecule has 0 saturated carbocycles. The van der Waals surface area contributed by atoms with E-state index in [2.05, 4.69) is 30.5 Å². The standard InChI is InChI=1S/C17H23N2O/c1-3-4-5-8-11-19-13(2)15(12-17(18)20)14-9-6-7-10-16(14)19/h7,9-10H,3-5,8,11-12H2,1-2H3,(H2,18,20). The molecule has 1 aromatic heterocycles. The zero-order valence-corrected chi connectivity index (χ0v) is 12.4.